The van der Waals surface area contributed by atoms with E-state index in [9.17, 15) is 4.79 Å². The minimum Gasteiger partial charge on any atom is -0.356 e. The Morgan fingerprint density at radius 3 is 2.95 bits per heavy atom. The lowest BCUT2D eigenvalue weighted by atomic mass is 10.2. The summed E-state index contributed by atoms with van der Waals surface area (Å²) in [6.45, 7) is 5.52. The minimum atomic E-state index is 0.0408. The van der Waals surface area contributed by atoms with Gasteiger partial charge in [0.15, 0.2) is 0 Å². The van der Waals surface area contributed by atoms with Crippen molar-refractivity contribution in [3.63, 3.8) is 0 Å². The average molecular weight is 278 g/mol. The van der Waals surface area contributed by atoms with E-state index in [1.54, 1.807) is 23.9 Å². The van der Waals surface area contributed by atoms with Crippen LogP contribution in [-0.4, -0.2) is 27.0 Å². The van der Waals surface area contributed by atoms with Crippen molar-refractivity contribution in [2.45, 2.75) is 33.2 Å². The minimum absolute atomic E-state index is 0.0408. The molecule has 0 aliphatic carbocycles. The molecule has 0 aromatic carbocycles. The Morgan fingerprint density at radius 2 is 2.32 bits per heavy atom. The Morgan fingerprint density at radius 1 is 1.47 bits per heavy atom. The highest BCUT2D eigenvalue weighted by Crippen LogP contribution is 2.16. The molecule has 0 spiro atoms. The number of carbonyl (C=O) groups is 1. The third-order valence-corrected chi connectivity index (χ3v) is 3.73. The lowest BCUT2D eigenvalue weighted by Gasteiger charge is -2.05. The number of thiazole rings is 1. The fraction of sp³-hybridized carbons (Fsp3) is 0.462. The standard InChI is InChI=1S/C13H18N4OS/c1-10-12(16-11(2)19-10)8-13(18)15-4-3-6-17-7-5-14-9-17/h5,7,9H,3-4,6,8H2,1-2H3,(H,15,18). The van der Waals surface area contributed by atoms with Gasteiger partial charge in [0.05, 0.1) is 23.4 Å². The zero-order valence-electron chi connectivity index (χ0n) is 11.2. The molecule has 0 saturated carbocycles. The molecular weight excluding hydrogens is 260 g/mol. The van der Waals surface area contributed by atoms with Crippen LogP contribution in [0.1, 0.15) is 22.0 Å². The van der Waals surface area contributed by atoms with Crippen LogP contribution >= 0.6 is 11.3 Å². The smallest absolute Gasteiger partial charge is 0.226 e. The van der Waals surface area contributed by atoms with Gasteiger partial charge in [-0.25, -0.2) is 9.97 Å². The molecule has 2 aromatic heterocycles. The lowest BCUT2D eigenvalue weighted by Crippen LogP contribution is -2.27. The normalized spacial score (nSPS) is 10.6. The molecule has 0 bridgehead atoms. The van der Waals surface area contributed by atoms with Gasteiger partial charge in [-0.1, -0.05) is 0 Å². The predicted molar refractivity (Wildman–Crippen MR) is 75.1 cm³/mol. The van der Waals surface area contributed by atoms with Gasteiger partial charge in [-0.3, -0.25) is 4.79 Å². The van der Waals surface area contributed by atoms with Crippen LogP contribution < -0.4 is 5.32 Å². The Hall–Kier alpha value is -1.69. The fourth-order valence-electron chi connectivity index (χ4n) is 1.86. The molecule has 19 heavy (non-hydrogen) atoms. The maximum absolute atomic E-state index is 11.8. The van der Waals surface area contributed by atoms with Gasteiger partial charge in [-0.2, -0.15) is 0 Å². The summed E-state index contributed by atoms with van der Waals surface area (Å²) in [6.07, 6.45) is 6.73. The zero-order chi connectivity index (χ0) is 13.7. The van der Waals surface area contributed by atoms with Gasteiger partial charge in [0.1, 0.15) is 0 Å². The predicted octanol–water partition coefficient (Wildman–Crippen LogP) is 1.71. The summed E-state index contributed by atoms with van der Waals surface area (Å²) in [6, 6.07) is 0. The van der Waals surface area contributed by atoms with Crippen molar-refractivity contribution in [1.29, 1.82) is 0 Å². The second kappa shape index (κ2) is 6.47. The number of aryl methyl sites for hydroxylation is 3. The van der Waals surface area contributed by atoms with Gasteiger partial charge in [0.25, 0.3) is 0 Å². The quantitative estimate of drug-likeness (QED) is 0.818. The maximum atomic E-state index is 11.8. The van der Waals surface area contributed by atoms with E-state index in [1.807, 2.05) is 24.6 Å². The van der Waals surface area contributed by atoms with Gasteiger partial charge in [0, 0.05) is 30.4 Å². The van der Waals surface area contributed by atoms with E-state index in [1.165, 1.54) is 0 Å². The molecule has 2 rings (SSSR count). The number of nitrogens with zero attached hydrogens (tertiary/aromatic N) is 3. The van der Waals surface area contributed by atoms with Crippen LogP contribution in [0.2, 0.25) is 0 Å². The Labute approximate surface area is 116 Å². The van der Waals surface area contributed by atoms with Crippen LogP contribution in [0.4, 0.5) is 0 Å². The highest BCUT2D eigenvalue weighted by atomic mass is 32.1. The molecule has 0 unspecified atom stereocenters. The summed E-state index contributed by atoms with van der Waals surface area (Å²) in [7, 11) is 0. The third-order valence-electron chi connectivity index (χ3n) is 2.80. The molecule has 0 aliphatic heterocycles. The first kappa shape index (κ1) is 13.7. The zero-order valence-corrected chi connectivity index (χ0v) is 12.0. The molecule has 2 heterocycles. The molecule has 2 aromatic rings. The van der Waals surface area contributed by atoms with Crippen LogP contribution in [0.3, 0.4) is 0 Å². The first-order valence-electron chi connectivity index (χ1n) is 6.30. The van der Waals surface area contributed by atoms with E-state index < -0.39 is 0 Å². The summed E-state index contributed by atoms with van der Waals surface area (Å²) in [4.78, 5) is 21.2. The highest BCUT2D eigenvalue weighted by molar-refractivity contribution is 7.11. The van der Waals surface area contributed by atoms with Gasteiger partial charge < -0.3 is 9.88 Å². The summed E-state index contributed by atoms with van der Waals surface area (Å²) in [5, 5.41) is 3.94. The fourth-order valence-corrected chi connectivity index (χ4v) is 2.69. The molecule has 0 fully saturated rings. The first-order chi connectivity index (χ1) is 9.15. The molecule has 5 nitrogen and oxygen atoms in total. The number of nitrogens with one attached hydrogen (secondary N) is 1. The van der Waals surface area contributed by atoms with Crippen molar-refractivity contribution in [1.82, 2.24) is 19.9 Å². The number of hydrogen-bond acceptors (Lipinski definition) is 4. The van der Waals surface area contributed by atoms with E-state index in [0.717, 1.165) is 28.5 Å². The molecule has 0 atom stereocenters. The summed E-state index contributed by atoms with van der Waals surface area (Å²) < 4.78 is 2.00. The number of rotatable bonds is 6. The number of hydrogen-bond donors (Lipinski definition) is 1. The van der Waals surface area contributed by atoms with Crippen molar-refractivity contribution in [2.75, 3.05) is 6.54 Å². The average Bonchev–Trinajstić information content (AvgIpc) is 2.96. The summed E-state index contributed by atoms with van der Waals surface area (Å²) in [5.74, 6) is 0.0408. The van der Waals surface area contributed by atoms with Gasteiger partial charge >= 0.3 is 0 Å². The lowest BCUT2D eigenvalue weighted by molar-refractivity contribution is -0.120. The number of aromatic nitrogens is 3. The van der Waals surface area contributed by atoms with Crippen LogP contribution in [0.15, 0.2) is 18.7 Å². The van der Waals surface area contributed by atoms with Crippen LogP contribution in [-0.2, 0) is 17.8 Å². The second-order valence-corrected chi connectivity index (χ2v) is 5.82. The van der Waals surface area contributed by atoms with E-state index in [4.69, 9.17) is 0 Å². The Bertz CT molecular complexity index is 533. The summed E-state index contributed by atoms with van der Waals surface area (Å²) in [5.41, 5.74) is 0.898. The molecule has 1 amide bonds. The third kappa shape index (κ3) is 4.17. The molecule has 6 heteroatoms. The summed E-state index contributed by atoms with van der Waals surface area (Å²) >= 11 is 1.64. The van der Waals surface area contributed by atoms with Crippen molar-refractivity contribution in [3.8, 4) is 0 Å². The Kier molecular flexibility index (Phi) is 4.68. The van der Waals surface area contributed by atoms with E-state index in [-0.39, 0.29) is 5.91 Å². The maximum Gasteiger partial charge on any atom is 0.226 e. The highest BCUT2D eigenvalue weighted by Gasteiger charge is 2.09. The Balaban J connectivity index is 1.68. The van der Waals surface area contributed by atoms with Crippen molar-refractivity contribution >= 4 is 17.2 Å². The monoisotopic (exact) mass is 278 g/mol. The topological polar surface area (TPSA) is 59.8 Å². The van der Waals surface area contributed by atoms with Crippen LogP contribution in [0, 0.1) is 13.8 Å². The van der Waals surface area contributed by atoms with Gasteiger partial charge in [-0.05, 0) is 20.3 Å². The molecule has 0 saturated heterocycles. The van der Waals surface area contributed by atoms with Crippen molar-refractivity contribution < 1.29 is 4.79 Å². The number of imidazole rings is 1. The first-order valence-corrected chi connectivity index (χ1v) is 7.12. The second-order valence-electron chi connectivity index (χ2n) is 4.42. The molecule has 0 aliphatic rings. The molecular formula is C13H18N4OS. The van der Waals surface area contributed by atoms with Crippen molar-refractivity contribution in [2.24, 2.45) is 0 Å². The van der Waals surface area contributed by atoms with E-state index in [0.29, 0.717) is 13.0 Å². The van der Waals surface area contributed by atoms with Gasteiger partial charge in [-0.15, -0.1) is 11.3 Å². The van der Waals surface area contributed by atoms with Crippen LogP contribution in [0.25, 0.3) is 0 Å². The van der Waals surface area contributed by atoms with Crippen LogP contribution in [0.5, 0.6) is 0 Å². The number of carbonyl (C=O) groups excluding carboxylic acids is 1. The number of amides is 1. The molecule has 1 N–H and O–H groups in total. The van der Waals surface area contributed by atoms with Crippen molar-refractivity contribution in [3.05, 3.63) is 34.3 Å². The van der Waals surface area contributed by atoms with Gasteiger partial charge in [0.2, 0.25) is 5.91 Å². The van der Waals surface area contributed by atoms with E-state index in [2.05, 4.69) is 15.3 Å². The molecule has 0 radical (unpaired) electrons. The SMILES string of the molecule is Cc1nc(CC(=O)NCCCn2ccnc2)c(C)s1. The largest absolute Gasteiger partial charge is 0.356 e. The van der Waals surface area contributed by atoms with E-state index >= 15 is 0 Å². The molecule has 102 valence electrons.